The van der Waals surface area contributed by atoms with Crippen LogP contribution in [0.2, 0.25) is 0 Å². The number of nitrogens with zero attached hydrogens (tertiary/aromatic N) is 2. The number of piperidine rings is 1. The van der Waals surface area contributed by atoms with E-state index in [1.807, 2.05) is 4.90 Å². The zero-order chi connectivity index (χ0) is 18.0. The van der Waals surface area contributed by atoms with Gasteiger partial charge in [-0.05, 0) is 29.5 Å². The van der Waals surface area contributed by atoms with E-state index in [0.29, 0.717) is 26.2 Å². The highest BCUT2D eigenvalue weighted by atomic mass is 35.5. The number of ether oxygens (including phenoxy) is 1. The van der Waals surface area contributed by atoms with Gasteiger partial charge in [-0.3, -0.25) is 9.69 Å². The summed E-state index contributed by atoms with van der Waals surface area (Å²) in [4.78, 5) is 16.8. The topological polar surface area (TPSA) is 58.8 Å². The molecule has 2 heterocycles. The summed E-state index contributed by atoms with van der Waals surface area (Å²) in [5, 5.41) is 0. The molecule has 2 fully saturated rings. The van der Waals surface area contributed by atoms with E-state index in [1.165, 1.54) is 12.1 Å². The number of hydrogen-bond donors (Lipinski definition) is 1. The molecule has 146 valence electrons. The predicted molar refractivity (Wildman–Crippen MR) is 102 cm³/mol. The standard InChI is InChI=1S/C19H28FN3O2.ClH/c1-19(2)13-22(8-7-17(19)21)12-18(24)23-9-10-25-16(11-23)14-3-5-15(20)6-4-14;/h3-6,16-17H,7-13,21H2,1-2H3;1H. The molecule has 0 spiro atoms. The Morgan fingerprint density at radius 3 is 2.65 bits per heavy atom. The van der Waals surface area contributed by atoms with Gasteiger partial charge in [-0.15, -0.1) is 12.4 Å². The van der Waals surface area contributed by atoms with Crippen LogP contribution in [0.15, 0.2) is 24.3 Å². The molecule has 3 rings (SSSR count). The van der Waals surface area contributed by atoms with Gasteiger partial charge in [-0.2, -0.15) is 0 Å². The molecule has 0 aliphatic carbocycles. The van der Waals surface area contributed by atoms with E-state index in [9.17, 15) is 9.18 Å². The lowest BCUT2D eigenvalue weighted by atomic mass is 9.80. The number of nitrogens with two attached hydrogens (primary N) is 1. The van der Waals surface area contributed by atoms with Crippen LogP contribution in [-0.4, -0.2) is 61.1 Å². The first-order valence-electron chi connectivity index (χ1n) is 8.98. The van der Waals surface area contributed by atoms with Crippen molar-refractivity contribution in [2.24, 2.45) is 11.1 Å². The highest BCUT2D eigenvalue weighted by molar-refractivity contribution is 5.85. The maximum Gasteiger partial charge on any atom is 0.236 e. The third-order valence-corrected chi connectivity index (χ3v) is 5.41. The van der Waals surface area contributed by atoms with E-state index in [0.717, 1.165) is 25.1 Å². The van der Waals surface area contributed by atoms with E-state index in [-0.39, 0.29) is 41.7 Å². The zero-order valence-electron chi connectivity index (χ0n) is 15.5. The molecule has 26 heavy (non-hydrogen) atoms. The van der Waals surface area contributed by atoms with Gasteiger partial charge >= 0.3 is 0 Å². The fourth-order valence-electron chi connectivity index (χ4n) is 3.67. The van der Waals surface area contributed by atoms with Gasteiger partial charge in [-0.25, -0.2) is 4.39 Å². The SMILES string of the molecule is CC1(C)CN(CC(=O)N2CCOC(c3ccc(F)cc3)C2)CCC1N.Cl. The van der Waals surface area contributed by atoms with Crippen LogP contribution in [0.4, 0.5) is 4.39 Å². The quantitative estimate of drug-likeness (QED) is 0.866. The molecule has 2 atom stereocenters. The summed E-state index contributed by atoms with van der Waals surface area (Å²) in [6.45, 7) is 8.07. The molecule has 1 aromatic carbocycles. The minimum Gasteiger partial charge on any atom is -0.370 e. The van der Waals surface area contributed by atoms with Crippen LogP contribution in [0.5, 0.6) is 0 Å². The van der Waals surface area contributed by atoms with Gasteiger partial charge in [0, 0.05) is 25.7 Å². The van der Waals surface area contributed by atoms with Crippen LogP contribution in [-0.2, 0) is 9.53 Å². The zero-order valence-corrected chi connectivity index (χ0v) is 16.3. The summed E-state index contributed by atoms with van der Waals surface area (Å²) < 4.78 is 18.9. The number of morpholine rings is 1. The van der Waals surface area contributed by atoms with Crippen molar-refractivity contribution in [3.05, 3.63) is 35.6 Å². The molecule has 2 saturated heterocycles. The minimum absolute atomic E-state index is 0. The van der Waals surface area contributed by atoms with E-state index in [1.54, 1.807) is 12.1 Å². The van der Waals surface area contributed by atoms with E-state index < -0.39 is 0 Å². The summed E-state index contributed by atoms with van der Waals surface area (Å²) in [7, 11) is 0. The van der Waals surface area contributed by atoms with Gasteiger partial charge in [0.2, 0.25) is 5.91 Å². The van der Waals surface area contributed by atoms with Crippen LogP contribution in [0.3, 0.4) is 0 Å². The lowest BCUT2D eigenvalue weighted by Crippen LogP contribution is -2.55. The molecule has 2 N–H and O–H groups in total. The van der Waals surface area contributed by atoms with Crippen LogP contribution < -0.4 is 5.73 Å². The number of rotatable bonds is 3. The van der Waals surface area contributed by atoms with Crippen molar-refractivity contribution in [2.75, 3.05) is 39.3 Å². The van der Waals surface area contributed by atoms with Gasteiger partial charge in [0.25, 0.3) is 0 Å². The van der Waals surface area contributed by atoms with Crippen molar-refractivity contribution in [3.8, 4) is 0 Å². The summed E-state index contributed by atoms with van der Waals surface area (Å²) in [5.41, 5.74) is 7.11. The van der Waals surface area contributed by atoms with Gasteiger partial charge < -0.3 is 15.4 Å². The maximum absolute atomic E-state index is 13.1. The molecule has 0 saturated carbocycles. The number of hydrogen-bond acceptors (Lipinski definition) is 4. The molecule has 5 nitrogen and oxygen atoms in total. The highest BCUT2D eigenvalue weighted by Crippen LogP contribution is 2.28. The van der Waals surface area contributed by atoms with E-state index in [2.05, 4.69) is 18.7 Å². The first kappa shape index (κ1) is 21.1. The second kappa shape index (κ2) is 8.65. The first-order chi connectivity index (χ1) is 11.8. The monoisotopic (exact) mass is 385 g/mol. The summed E-state index contributed by atoms with van der Waals surface area (Å²) in [5.74, 6) is -0.139. The first-order valence-corrected chi connectivity index (χ1v) is 8.98. The Labute approximate surface area is 161 Å². The minimum atomic E-state index is -0.265. The lowest BCUT2D eigenvalue weighted by molar-refractivity contribution is -0.141. The van der Waals surface area contributed by atoms with Gasteiger partial charge in [0.1, 0.15) is 11.9 Å². The Hall–Kier alpha value is -1.21. The number of carbonyl (C=O) groups excluding carboxylic acids is 1. The van der Waals surface area contributed by atoms with Crippen molar-refractivity contribution in [3.63, 3.8) is 0 Å². The van der Waals surface area contributed by atoms with Crippen molar-refractivity contribution >= 4 is 18.3 Å². The van der Waals surface area contributed by atoms with E-state index in [4.69, 9.17) is 10.5 Å². The molecular formula is C19H29ClFN3O2. The Morgan fingerprint density at radius 1 is 1.31 bits per heavy atom. The molecule has 2 unspecified atom stereocenters. The Kier molecular flexibility index (Phi) is 7.02. The second-order valence-corrected chi connectivity index (χ2v) is 7.85. The molecule has 0 bridgehead atoms. The lowest BCUT2D eigenvalue weighted by Gasteiger charge is -2.43. The fraction of sp³-hybridized carbons (Fsp3) is 0.632. The van der Waals surface area contributed by atoms with E-state index >= 15 is 0 Å². The molecule has 2 aliphatic rings. The number of benzene rings is 1. The summed E-state index contributed by atoms with van der Waals surface area (Å²) in [6, 6.07) is 6.49. The Morgan fingerprint density at radius 2 is 2.00 bits per heavy atom. The van der Waals surface area contributed by atoms with Crippen LogP contribution in [0.1, 0.15) is 31.9 Å². The number of amides is 1. The number of carbonyl (C=O) groups is 1. The third-order valence-electron chi connectivity index (χ3n) is 5.41. The van der Waals surface area contributed by atoms with Crippen LogP contribution in [0, 0.1) is 11.2 Å². The third kappa shape index (κ3) is 4.94. The second-order valence-electron chi connectivity index (χ2n) is 7.85. The maximum atomic E-state index is 13.1. The molecular weight excluding hydrogens is 357 g/mol. The Bertz CT molecular complexity index is 611. The summed E-state index contributed by atoms with van der Waals surface area (Å²) >= 11 is 0. The van der Waals surface area contributed by atoms with Crippen molar-refractivity contribution < 1.29 is 13.9 Å². The van der Waals surface area contributed by atoms with Gasteiger partial charge in [0.05, 0.1) is 19.7 Å². The van der Waals surface area contributed by atoms with Crippen molar-refractivity contribution in [1.29, 1.82) is 0 Å². The predicted octanol–water partition coefficient (Wildman–Crippen LogP) is 2.21. The number of halogens is 2. The summed E-state index contributed by atoms with van der Waals surface area (Å²) in [6.07, 6.45) is 0.728. The normalized spacial score (nSPS) is 26.2. The van der Waals surface area contributed by atoms with Crippen molar-refractivity contribution in [2.45, 2.75) is 32.4 Å². The van der Waals surface area contributed by atoms with Crippen molar-refractivity contribution in [1.82, 2.24) is 9.80 Å². The molecule has 1 amide bonds. The molecule has 0 aromatic heterocycles. The molecule has 7 heteroatoms. The average Bonchev–Trinajstić information content (AvgIpc) is 2.59. The van der Waals surface area contributed by atoms with Crippen LogP contribution >= 0.6 is 12.4 Å². The molecule has 0 radical (unpaired) electrons. The largest absolute Gasteiger partial charge is 0.370 e. The van der Waals surface area contributed by atoms with Gasteiger partial charge in [-0.1, -0.05) is 26.0 Å². The smallest absolute Gasteiger partial charge is 0.236 e. The highest BCUT2D eigenvalue weighted by Gasteiger charge is 2.35. The Balaban J connectivity index is 0.00000243. The number of likely N-dealkylation sites (tertiary alicyclic amines) is 1. The average molecular weight is 386 g/mol. The fourth-order valence-corrected chi connectivity index (χ4v) is 3.67. The molecule has 1 aromatic rings. The molecule has 2 aliphatic heterocycles. The van der Waals surface area contributed by atoms with Gasteiger partial charge in [0.15, 0.2) is 0 Å². The van der Waals surface area contributed by atoms with Crippen LogP contribution in [0.25, 0.3) is 0 Å².